The van der Waals surface area contributed by atoms with Crippen LogP contribution < -0.4 is 11.1 Å². The van der Waals surface area contributed by atoms with Crippen molar-refractivity contribution in [2.24, 2.45) is 5.73 Å². The van der Waals surface area contributed by atoms with Crippen molar-refractivity contribution in [3.05, 3.63) is 59.7 Å². The van der Waals surface area contributed by atoms with Crippen LogP contribution in [0, 0.1) is 11.3 Å². The summed E-state index contributed by atoms with van der Waals surface area (Å²) < 4.78 is 5.17. The normalized spacial score (nSPS) is 11.9. The van der Waals surface area contributed by atoms with Crippen LogP contribution in [0.4, 0.5) is 4.79 Å². The van der Waals surface area contributed by atoms with Crippen LogP contribution >= 0.6 is 0 Å². The molecule has 0 radical (unpaired) electrons. The number of hydrogen-bond acceptors (Lipinski definition) is 4. The minimum absolute atomic E-state index is 0.266. The lowest BCUT2D eigenvalue weighted by atomic mass is 10.00. The van der Waals surface area contributed by atoms with Gasteiger partial charge in [0.2, 0.25) is 5.91 Å². The highest BCUT2D eigenvalue weighted by molar-refractivity contribution is 5.84. The Bertz CT molecular complexity index is 844. The third-order valence-corrected chi connectivity index (χ3v) is 3.78. The van der Waals surface area contributed by atoms with Gasteiger partial charge in [0.25, 0.3) is 0 Å². The maximum Gasteiger partial charge on any atom is 0.408 e. The number of nitrogens with zero attached hydrogens (tertiary/aromatic N) is 1. The molecule has 0 fully saturated rings. The molecule has 6 nitrogen and oxygen atoms in total. The van der Waals surface area contributed by atoms with E-state index in [0.717, 1.165) is 16.7 Å². The molecule has 3 N–H and O–H groups in total. The molecule has 2 amide bonds. The van der Waals surface area contributed by atoms with E-state index in [0.29, 0.717) is 5.56 Å². The van der Waals surface area contributed by atoms with Crippen LogP contribution in [0.1, 0.15) is 31.9 Å². The van der Waals surface area contributed by atoms with E-state index in [4.69, 9.17) is 15.7 Å². The fourth-order valence-corrected chi connectivity index (χ4v) is 2.48. The fraction of sp³-hybridized carbons (Fsp3) is 0.286. The quantitative estimate of drug-likeness (QED) is 0.849. The molecule has 0 bridgehead atoms. The van der Waals surface area contributed by atoms with E-state index in [2.05, 4.69) is 11.4 Å². The molecule has 0 aliphatic heterocycles. The van der Waals surface area contributed by atoms with Crippen molar-refractivity contribution < 1.29 is 14.3 Å². The molecular formula is C21H23N3O3. The topological polar surface area (TPSA) is 105 Å². The largest absolute Gasteiger partial charge is 0.444 e. The first-order valence-corrected chi connectivity index (χ1v) is 8.56. The molecule has 0 heterocycles. The third-order valence-electron chi connectivity index (χ3n) is 3.78. The lowest BCUT2D eigenvalue weighted by Gasteiger charge is -2.22. The summed E-state index contributed by atoms with van der Waals surface area (Å²) in [4.78, 5) is 23.6. The van der Waals surface area contributed by atoms with E-state index < -0.39 is 23.6 Å². The Kier molecular flexibility index (Phi) is 6.19. The molecule has 0 aliphatic rings. The molecule has 1 unspecified atom stereocenters. The Balaban J connectivity index is 2.07. The minimum Gasteiger partial charge on any atom is -0.444 e. The van der Waals surface area contributed by atoms with Gasteiger partial charge >= 0.3 is 6.09 Å². The highest BCUT2D eigenvalue weighted by Gasteiger charge is 2.23. The van der Waals surface area contributed by atoms with E-state index in [1.165, 1.54) is 0 Å². The summed E-state index contributed by atoms with van der Waals surface area (Å²) in [6, 6.07) is 16.1. The minimum atomic E-state index is -0.861. The number of alkyl carbamates (subject to hydrolysis) is 1. The highest BCUT2D eigenvalue weighted by atomic mass is 16.6. The van der Waals surface area contributed by atoms with Crippen LogP contribution in [0.25, 0.3) is 11.1 Å². The summed E-state index contributed by atoms with van der Waals surface area (Å²) in [6.45, 7) is 5.23. The second-order valence-corrected chi connectivity index (χ2v) is 7.19. The maximum absolute atomic E-state index is 11.9. The highest BCUT2D eigenvalue weighted by Crippen LogP contribution is 2.21. The Morgan fingerprint density at radius 1 is 1.07 bits per heavy atom. The lowest BCUT2D eigenvalue weighted by Crippen LogP contribution is -2.47. The monoisotopic (exact) mass is 365 g/mol. The summed E-state index contributed by atoms with van der Waals surface area (Å²) in [5.74, 6) is -0.628. The Hall–Kier alpha value is -3.33. The molecule has 0 aromatic heterocycles. The van der Waals surface area contributed by atoms with E-state index in [9.17, 15) is 9.59 Å². The number of carbonyl (C=O) groups excluding carboxylic acids is 2. The maximum atomic E-state index is 11.9. The lowest BCUT2D eigenvalue weighted by molar-refractivity contribution is -0.120. The molecule has 2 aromatic rings. The molecule has 140 valence electrons. The van der Waals surface area contributed by atoms with Crippen molar-refractivity contribution >= 4 is 12.0 Å². The van der Waals surface area contributed by atoms with Gasteiger partial charge in [-0.25, -0.2) is 4.79 Å². The molecule has 2 rings (SSSR count). The number of nitrogens with two attached hydrogens (primary N) is 1. The molecule has 6 heteroatoms. The third kappa shape index (κ3) is 6.15. The predicted octanol–water partition coefficient (Wildman–Crippen LogP) is 3.15. The van der Waals surface area contributed by atoms with Gasteiger partial charge in [0, 0.05) is 6.42 Å². The van der Waals surface area contributed by atoms with Crippen LogP contribution in [-0.2, 0) is 16.0 Å². The van der Waals surface area contributed by atoms with Crippen LogP contribution in [-0.4, -0.2) is 23.6 Å². The molecule has 2 aromatic carbocycles. The number of benzene rings is 2. The Morgan fingerprint density at radius 2 is 1.59 bits per heavy atom. The number of nitriles is 1. The Labute approximate surface area is 158 Å². The standard InChI is InChI=1S/C21H23N3O3/c1-21(2,3)27-20(26)24-18(19(23)25)12-14-4-8-16(9-5-14)17-10-6-15(13-22)7-11-17/h4-11,18H,12H2,1-3H3,(H2,23,25)(H,24,26). The van der Waals surface area contributed by atoms with Gasteiger partial charge in [-0.3, -0.25) is 4.79 Å². The van der Waals surface area contributed by atoms with Crippen molar-refractivity contribution in [1.82, 2.24) is 5.32 Å². The summed E-state index contributed by atoms with van der Waals surface area (Å²) >= 11 is 0. The Morgan fingerprint density at radius 3 is 2.04 bits per heavy atom. The van der Waals surface area contributed by atoms with E-state index in [-0.39, 0.29) is 6.42 Å². The zero-order valence-electron chi connectivity index (χ0n) is 15.7. The second-order valence-electron chi connectivity index (χ2n) is 7.19. The summed E-state index contributed by atoms with van der Waals surface area (Å²) in [5, 5.41) is 11.4. The van der Waals surface area contributed by atoms with Crippen LogP contribution in [0.15, 0.2) is 48.5 Å². The first-order chi connectivity index (χ1) is 12.7. The van der Waals surface area contributed by atoms with Crippen molar-refractivity contribution in [3.63, 3.8) is 0 Å². The molecule has 1 atom stereocenters. The molecule has 0 saturated heterocycles. The SMILES string of the molecule is CC(C)(C)OC(=O)NC(Cc1ccc(-c2ccc(C#N)cc2)cc1)C(N)=O. The van der Waals surface area contributed by atoms with Gasteiger partial charge in [-0.15, -0.1) is 0 Å². The van der Waals surface area contributed by atoms with Gasteiger partial charge in [0.1, 0.15) is 11.6 Å². The zero-order valence-corrected chi connectivity index (χ0v) is 15.7. The number of rotatable bonds is 5. The van der Waals surface area contributed by atoms with Crippen LogP contribution in [0.5, 0.6) is 0 Å². The van der Waals surface area contributed by atoms with Gasteiger partial charge in [-0.2, -0.15) is 5.26 Å². The average Bonchev–Trinajstić information content (AvgIpc) is 2.60. The van der Waals surface area contributed by atoms with E-state index in [1.54, 1.807) is 32.9 Å². The van der Waals surface area contributed by atoms with Crippen molar-refractivity contribution in [2.75, 3.05) is 0 Å². The molecule has 0 aliphatic carbocycles. The first-order valence-electron chi connectivity index (χ1n) is 8.56. The summed E-state index contributed by atoms with van der Waals surface area (Å²) in [5.41, 5.74) is 8.18. The second kappa shape index (κ2) is 8.37. The number of ether oxygens (including phenoxy) is 1. The number of hydrogen-bond donors (Lipinski definition) is 2. The van der Waals surface area contributed by atoms with E-state index in [1.807, 2.05) is 36.4 Å². The van der Waals surface area contributed by atoms with Crippen molar-refractivity contribution in [2.45, 2.75) is 38.8 Å². The van der Waals surface area contributed by atoms with Crippen molar-refractivity contribution in [3.8, 4) is 17.2 Å². The summed E-state index contributed by atoms with van der Waals surface area (Å²) in [7, 11) is 0. The van der Waals surface area contributed by atoms with Gasteiger partial charge in [0.05, 0.1) is 11.6 Å². The predicted molar refractivity (Wildman–Crippen MR) is 103 cm³/mol. The molecule has 27 heavy (non-hydrogen) atoms. The molecular weight excluding hydrogens is 342 g/mol. The van der Waals surface area contributed by atoms with Crippen LogP contribution in [0.2, 0.25) is 0 Å². The number of carbonyl (C=O) groups is 2. The molecule has 0 saturated carbocycles. The van der Waals surface area contributed by atoms with Crippen LogP contribution in [0.3, 0.4) is 0 Å². The smallest absolute Gasteiger partial charge is 0.408 e. The fourth-order valence-electron chi connectivity index (χ4n) is 2.48. The van der Waals surface area contributed by atoms with Gasteiger partial charge in [-0.05, 0) is 49.6 Å². The number of primary amides is 1. The summed E-state index contributed by atoms with van der Waals surface area (Å²) in [6.07, 6.45) is -0.414. The number of amides is 2. The van der Waals surface area contributed by atoms with Crippen molar-refractivity contribution in [1.29, 1.82) is 5.26 Å². The first kappa shape index (κ1) is 20.0. The van der Waals surface area contributed by atoms with Gasteiger partial charge < -0.3 is 15.8 Å². The number of nitrogens with one attached hydrogen (secondary N) is 1. The van der Waals surface area contributed by atoms with Gasteiger partial charge in [0.15, 0.2) is 0 Å². The van der Waals surface area contributed by atoms with E-state index >= 15 is 0 Å². The zero-order chi connectivity index (χ0) is 20.0. The molecule has 0 spiro atoms. The van der Waals surface area contributed by atoms with Gasteiger partial charge in [-0.1, -0.05) is 36.4 Å². The average molecular weight is 365 g/mol.